The summed E-state index contributed by atoms with van der Waals surface area (Å²) in [6.45, 7) is 6.80. The number of benzene rings is 1. The van der Waals surface area contributed by atoms with Gasteiger partial charge in [0.1, 0.15) is 5.75 Å². The second-order valence-electron chi connectivity index (χ2n) is 5.39. The number of ether oxygens (including phenoxy) is 1. The number of rotatable bonds is 6. The first-order valence-corrected chi connectivity index (χ1v) is 7.57. The number of hydrogen-bond donors (Lipinski definition) is 2. The van der Waals surface area contributed by atoms with Crippen LogP contribution in [0.1, 0.15) is 20.8 Å². The van der Waals surface area contributed by atoms with Gasteiger partial charge in [-0.2, -0.15) is 0 Å². The molecule has 1 atom stereocenters. The lowest BCUT2D eigenvalue weighted by Gasteiger charge is -2.22. The maximum absolute atomic E-state index is 9.95. The van der Waals surface area contributed by atoms with Gasteiger partial charge in [0, 0.05) is 22.9 Å². The first kappa shape index (κ1) is 16.6. The van der Waals surface area contributed by atoms with Crippen LogP contribution in [0.2, 0.25) is 5.02 Å². The van der Waals surface area contributed by atoms with Gasteiger partial charge in [-0.05, 0) is 39.0 Å². The van der Waals surface area contributed by atoms with E-state index in [0.717, 1.165) is 10.6 Å². The summed E-state index contributed by atoms with van der Waals surface area (Å²) in [5, 5.41) is 13.9. The van der Waals surface area contributed by atoms with Gasteiger partial charge in [-0.1, -0.05) is 11.6 Å². The highest BCUT2D eigenvalue weighted by Gasteiger charge is 2.13. The third-order valence-corrected chi connectivity index (χ3v) is 3.84. The molecule has 0 saturated heterocycles. The number of aliphatic hydroxyl groups excluding tert-OH is 1. The van der Waals surface area contributed by atoms with E-state index in [1.807, 2.05) is 12.1 Å². The topological polar surface area (TPSA) is 41.5 Å². The number of hydrogen-bond acceptors (Lipinski definition) is 4. The number of halogens is 1. The molecule has 0 heterocycles. The van der Waals surface area contributed by atoms with Crippen LogP contribution >= 0.6 is 23.4 Å². The van der Waals surface area contributed by atoms with Crippen molar-refractivity contribution in [2.45, 2.75) is 37.3 Å². The Bertz CT molecular complexity index is 407. The van der Waals surface area contributed by atoms with E-state index in [1.165, 1.54) is 0 Å². The molecule has 2 N–H and O–H groups in total. The zero-order valence-electron chi connectivity index (χ0n) is 11.9. The Balaban J connectivity index is 2.50. The normalized spacial score (nSPS) is 13.4. The number of nitrogens with one attached hydrogen (secondary N) is 1. The minimum absolute atomic E-state index is 0.0133. The molecule has 0 aliphatic carbocycles. The minimum atomic E-state index is -0.409. The van der Waals surface area contributed by atoms with E-state index in [2.05, 4.69) is 26.1 Å². The van der Waals surface area contributed by atoms with Crippen LogP contribution in [0, 0.1) is 0 Å². The molecular weight excluding hydrogens is 282 g/mol. The third kappa shape index (κ3) is 6.52. The zero-order chi connectivity index (χ0) is 14.5. The average molecular weight is 304 g/mol. The molecule has 5 heteroatoms. The van der Waals surface area contributed by atoms with Crippen LogP contribution in [0.5, 0.6) is 5.75 Å². The van der Waals surface area contributed by atoms with Crippen LogP contribution in [0.15, 0.2) is 23.1 Å². The van der Waals surface area contributed by atoms with E-state index < -0.39 is 6.10 Å². The summed E-state index contributed by atoms with van der Waals surface area (Å²) < 4.78 is 5.27. The van der Waals surface area contributed by atoms with Crippen molar-refractivity contribution in [3.8, 4) is 5.75 Å². The summed E-state index contributed by atoms with van der Waals surface area (Å²) >= 11 is 7.51. The van der Waals surface area contributed by atoms with Crippen molar-refractivity contribution in [3.63, 3.8) is 0 Å². The molecule has 108 valence electrons. The summed E-state index contributed by atoms with van der Waals surface area (Å²) in [4.78, 5) is 0.949. The van der Waals surface area contributed by atoms with E-state index >= 15 is 0 Å². The van der Waals surface area contributed by atoms with E-state index in [1.54, 1.807) is 24.9 Å². The lowest BCUT2D eigenvalue weighted by Crippen LogP contribution is -2.41. The minimum Gasteiger partial charge on any atom is -0.496 e. The molecule has 0 radical (unpaired) electrons. The standard InChI is InChI=1S/C14H22ClNO2S/c1-14(2,3)16-8-11(17)9-19-13-7-10(15)5-6-12(13)18-4/h5-7,11,16-17H,8-9H2,1-4H3. The van der Waals surface area contributed by atoms with Gasteiger partial charge in [0.05, 0.1) is 18.1 Å². The fourth-order valence-electron chi connectivity index (χ4n) is 1.43. The van der Waals surface area contributed by atoms with Crippen molar-refractivity contribution in [2.24, 2.45) is 0 Å². The second kappa shape index (κ2) is 7.39. The Kier molecular flexibility index (Phi) is 6.47. The van der Waals surface area contributed by atoms with Crippen molar-refractivity contribution >= 4 is 23.4 Å². The molecule has 0 amide bonds. The van der Waals surface area contributed by atoms with Crippen LogP contribution in [-0.2, 0) is 0 Å². The molecule has 1 rings (SSSR count). The molecular formula is C14H22ClNO2S. The summed E-state index contributed by atoms with van der Waals surface area (Å²) in [7, 11) is 1.63. The first-order valence-electron chi connectivity index (χ1n) is 6.21. The molecule has 0 bridgehead atoms. The van der Waals surface area contributed by atoms with Crippen LogP contribution < -0.4 is 10.1 Å². The highest BCUT2D eigenvalue weighted by Crippen LogP contribution is 2.32. The van der Waals surface area contributed by atoms with E-state index in [-0.39, 0.29) is 5.54 Å². The lowest BCUT2D eigenvalue weighted by molar-refractivity contribution is 0.183. The number of thioether (sulfide) groups is 1. The maximum Gasteiger partial charge on any atom is 0.132 e. The molecule has 1 unspecified atom stereocenters. The van der Waals surface area contributed by atoms with Gasteiger partial charge in [0.2, 0.25) is 0 Å². The molecule has 1 aromatic rings. The molecule has 3 nitrogen and oxygen atoms in total. The summed E-state index contributed by atoms with van der Waals surface area (Å²) in [5.74, 6) is 1.38. The van der Waals surface area contributed by atoms with Crippen molar-refractivity contribution in [1.29, 1.82) is 0 Å². The molecule has 1 aromatic carbocycles. The lowest BCUT2D eigenvalue weighted by atomic mass is 10.1. The Morgan fingerprint density at radius 2 is 2.11 bits per heavy atom. The summed E-state index contributed by atoms with van der Waals surface area (Å²) in [6.07, 6.45) is -0.409. The Morgan fingerprint density at radius 1 is 1.42 bits per heavy atom. The van der Waals surface area contributed by atoms with Crippen molar-refractivity contribution in [1.82, 2.24) is 5.32 Å². The van der Waals surface area contributed by atoms with Crippen LogP contribution in [-0.4, -0.2) is 36.2 Å². The number of β-amino-alcohol motifs (C(OH)–C–C–N with tert-alkyl or cyclic N) is 1. The second-order valence-corrected chi connectivity index (χ2v) is 6.89. The fourth-order valence-corrected chi connectivity index (χ4v) is 2.66. The molecule has 0 aliphatic heterocycles. The Labute approximate surface area is 124 Å². The van der Waals surface area contributed by atoms with Gasteiger partial charge < -0.3 is 15.2 Å². The predicted octanol–water partition coefficient (Wildman–Crippen LogP) is 3.19. The highest BCUT2D eigenvalue weighted by atomic mass is 35.5. The molecule has 0 aliphatic rings. The molecule has 19 heavy (non-hydrogen) atoms. The monoisotopic (exact) mass is 303 g/mol. The van der Waals surface area contributed by atoms with Crippen molar-refractivity contribution in [3.05, 3.63) is 23.2 Å². The van der Waals surface area contributed by atoms with Crippen LogP contribution in [0.4, 0.5) is 0 Å². The molecule has 0 fully saturated rings. The van der Waals surface area contributed by atoms with Gasteiger partial charge in [0.25, 0.3) is 0 Å². The van der Waals surface area contributed by atoms with Crippen LogP contribution in [0.25, 0.3) is 0 Å². The van der Waals surface area contributed by atoms with Crippen LogP contribution in [0.3, 0.4) is 0 Å². The quantitative estimate of drug-likeness (QED) is 0.792. The van der Waals surface area contributed by atoms with Crippen molar-refractivity contribution < 1.29 is 9.84 Å². The van der Waals surface area contributed by atoms with Gasteiger partial charge in [-0.3, -0.25) is 0 Å². The van der Waals surface area contributed by atoms with Gasteiger partial charge in [-0.25, -0.2) is 0 Å². The summed E-state index contributed by atoms with van der Waals surface area (Å²) in [6, 6.07) is 5.49. The largest absolute Gasteiger partial charge is 0.496 e. The fraction of sp³-hybridized carbons (Fsp3) is 0.571. The number of aliphatic hydroxyl groups is 1. The smallest absolute Gasteiger partial charge is 0.132 e. The van der Waals surface area contributed by atoms with Gasteiger partial charge >= 0.3 is 0 Å². The average Bonchev–Trinajstić information content (AvgIpc) is 2.33. The first-order chi connectivity index (χ1) is 8.81. The maximum atomic E-state index is 9.95. The van der Waals surface area contributed by atoms with Gasteiger partial charge in [-0.15, -0.1) is 11.8 Å². The van der Waals surface area contributed by atoms with Gasteiger partial charge in [0.15, 0.2) is 0 Å². The number of methoxy groups -OCH3 is 1. The SMILES string of the molecule is COc1ccc(Cl)cc1SCC(O)CNC(C)(C)C. The molecule has 0 spiro atoms. The molecule has 0 aromatic heterocycles. The Hall–Kier alpha value is -0.420. The predicted molar refractivity (Wildman–Crippen MR) is 82.5 cm³/mol. The third-order valence-electron chi connectivity index (χ3n) is 2.42. The zero-order valence-corrected chi connectivity index (χ0v) is 13.4. The Morgan fingerprint density at radius 3 is 2.68 bits per heavy atom. The summed E-state index contributed by atoms with van der Waals surface area (Å²) in [5.41, 5.74) is 0.0133. The molecule has 0 saturated carbocycles. The van der Waals surface area contributed by atoms with E-state index in [0.29, 0.717) is 17.3 Å². The van der Waals surface area contributed by atoms with E-state index in [4.69, 9.17) is 16.3 Å². The van der Waals surface area contributed by atoms with Crippen molar-refractivity contribution in [2.75, 3.05) is 19.4 Å². The van der Waals surface area contributed by atoms with E-state index in [9.17, 15) is 5.11 Å². The highest BCUT2D eigenvalue weighted by molar-refractivity contribution is 7.99.